The Morgan fingerprint density at radius 2 is 1.74 bits per heavy atom. The molecule has 3 aromatic rings. The number of amides is 1. The van der Waals surface area contributed by atoms with Crippen LogP contribution in [0.1, 0.15) is 23.5 Å². The number of hydrogen-bond acceptors (Lipinski definition) is 5. The van der Waals surface area contributed by atoms with E-state index in [0.717, 1.165) is 11.1 Å². The topological polar surface area (TPSA) is 113 Å². The Kier molecular flexibility index (Phi) is 7.52. The third kappa shape index (κ3) is 5.69. The Balaban J connectivity index is 0.000000406. The molecule has 1 aliphatic heterocycles. The first kappa shape index (κ1) is 25.1. The van der Waals surface area contributed by atoms with Crippen LogP contribution in [0.5, 0.6) is 0 Å². The quantitative estimate of drug-likeness (QED) is 0.492. The van der Waals surface area contributed by atoms with Gasteiger partial charge in [0.05, 0.1) is 23.4 Å². The fourth-order valence-corrected chi connectivity index (χ4v) is 3.40. The number of aliphatic hydroxyl groups is 1. The van der Waals surface area contributed by atoms with E-state index in [1.54, 1.807) is 22.7 Å². The minimum absolute atomic E-state index is 0.157. The van der Waals surface area contributed by atoms with Crippen LogP contribution in [-0.4, -0.2) is 63.0 Å². The van der Waals surface area contributed by atoms with Gasteiger partial charge in [0.2, 0.25) is 5.82 Å². The van der Waals surface area contributed by atoms with Crippen LogP contribution in [0.15, 0.2) is 48.7 Å². The van der Waals surface area contributed by atoms with Crippen molar-refractivity contribution >= 4 is 17.4 Å². The van der Waals surface area contributed by atoms with Gasteiger partial charge in [0.25, 0.3) is 5.91 Å². The van der Waals surface area contributed by atoms with E-state index in [1.807, 2.05) is 18.2 Å². The molecule has 1 aliphatic rings. The van der Waals surface area contributed by atoms with Crippen LogP contribution in [0.4, 0.5) is 17.6 Å². The van der Waals surface area contributed by atoms with Crippen molar-refractivity contribution in [2.24, 2.45) is 0 Å². The summed E-state index contributed by atoms with van der Waals surface area (Å²) in [6.07, 6.45) is -2.23. The van der Waals surface area contributed by atoms with Gasteiger partial charge in [0.15, 0.2) is 0 Å². The highest BCUT2D eigenvalue weighted by molar-refractivity contribution is 5.95. The van der Waals surface area contributed by atoms with Crippen molar-refractivity contribution in [2.75, 3.05) is 19.8 Å². The number of alkyl halides is 3. The molecule has 0 saturated carbocycles. The number of carboxylic acids is 1. The van der Waals surface area contributed by atoms with E-state index in [1.165, 1.54) is 12.1 Å². The van der Waals surface area contributed by atoms with Crippen molar-refractivity contribution in [3.8, 4) is 11.3 Å². The minimum Gasteiger partial charge on any atom is -0.475 e. The van der Waals surface area contributed by atoms with Crippen molar-refractivity contribution < 1.29 is 42.1 Å². The molecule has 0 unspecified atom stereocenters. The van der Waals surface area contributed by atoms with E-state index in [2.05, 4.69) is 10.3 Å². The Morgan fingerprint density at radius 3 is 2.29 bits per heavy atom. The average Bonchev–Trinajstić information content (AvgIpc) is 3.20. The molecule has 1 saturated heterocycles. The lowest BCUT2D eigenvalue weighted by molar-refractivity contribution is -0.192. The Bertz CT molecular complexity index is 1160. The van der Waals surface area contributed by atoms with Crippen LogP contribution in [0, 0.1) is 5.82 Å². The molecular weight excluding hydrogens is 462 g/mol. The van der Waals surface area contributed by atoms with Gasteiger partial charge in [-0.05, 0) is 49.2 Å². The largest absolute Gasteiger partial charge is 0.490 e. The minimum atomic E-state index is -5.08. The van der Waals surface area contributed by atoms with E-state index in [-0.39, 0.29) is 24.2 Å². The van der Waals surface area contributed by atoms with Crippen molar-refractivity contribution in [3.05, 3.63) is 60.3 Å². The summed E-state index contributed by atoms with van der Waals surface area (Å²) in [6.45, 7) is 0.824. The second-order valence-electron chi connectivity index (χ2n) is 7.55. The maximum atomic E-state index is 13.3. The number of carbonyl (C=O) groups is 2. The number of imidazole rings is 1. The smallest absolute Gasteiger partial charge is 0.475 e. The van der Waals surface area contributed by atoms with Gasteiger partial charge in [-0.15, -0.1) is 0 Å². The maximum absolute atomic E-state index is 13.3. The average molecular weight is 483 g/mol. The van der Waals surface area contributed by atoms with Crippen molar-refractivity contribution in [1.29, 1.82) is 0 Å². The van der Waals surface area contributed by atoms with Gasteiger partial charge in [-0.3, -0.25) is 9.20 Å². The fourth-order valence-electron chi connectivity index (χ4n) is 3.40. The molecule has 0 atom stereocenters. The summed E-state index contributed by atoms with van der Waals surface area (Å²) in [6, 6.07) is 11.5. The second-order valence-corrected chi connectivity index (χ2v) is 7.55. The van der Waals surface area contributed by atoms with E-state index in [0.29, 0.717) is 31.7 Å². The SMILES string of the molecule is O=C(NC1(CO)CCOCC1)c1nc(-c2ccc(F)cc2)c2ccccn12.O=C(O)C(F)(F)F. The number of ether oxygens (including phenoxy) is 1. The number of fused-ring (bicyclic) bond motifs is 1. The summed E-state index contributed by atoms with van der Waals surface area (Å²) in [5.41, 5.74) is 1.37. The van der Waals surface area contributed by atoms with Crippen LogP contribution >= 0.6 is 0 Å². The van der Waals surface area contributed by atoms with Gasteiger partial charge in [-0.25, -0.2) is 14.2 Å². The first-order chi connectivity index (χ1) is 16.1. The summed E-state index contributed by atoms with van der Waals surface area (Å²) >= 11 is 0. The summed E-state index contributed by atoms with van der Waals surface area (Å²) in [5, 5.41) is 19.9. The Morgan fingerprint density at radius 1 is 1.12 bits per heavy atom. The molecule has 0 radical (unpaired) electrons. The summed E-state index contributed by atoms with van der Waals surface area (Å²) in [4.78, 5) is 26.4. The monoisotopic (exact) mass is 483 g/mol. The molecule has 34 heavy (non-hydrogen) atoms. The number of aliphatic hydroxyl groups excluding tert-OH is 1. The number of nitrogens with one attached hydrogen (secondary N) is 1. The van der Waals surface area contributed by atoms with Crippen molar-refractivity contribution in [1.82, 2.24) is 14.7 Å². The molecule has 2 aromatic heterocycles. The summed E-state index contributed by atoms with van der Waals surface area (Å²) < 4.78 is 52.1. The van der Waals surface area contributed by atoms with Crippen LogP contribution in [0.3, 0.4) is 0 Å². The lowest BCUT2D eigenvalue weighted by Gasteiger charge is -2.36. The number of benzene rings is 1. The van der Waals surface area contributed by atoms with Gasteiger partial charge in [-0.1, -0.05) is 6.07 Å². The fraction of sp³-hybridized carbons (Fsp3) is 0.318. The van der Waals surface area contributed by atoms with Gasteiger partial charge >= 0.3 is 12.1 Å². The summed E-state index contributed by atoms with van der Waals surface area (Å²) in [5.74, 6) is -3.22. The molecule has 1 amide bonds. The molecular formula is C22H21F4N3O5. The number of halogens is 4. The lowest BCUT2D eigenvalue weighted by atomic mass is 9.91. The number of rotatable bonds is 4. The molecule has 0 spiro atoms. The molecule has 1 fully saturated rings. The first-order valence-corrected chi connectivity index (χ1v) is 10.1. The van der Waals surface area contributed by atoms with Gasteiger partial charge in [0.1, 0.15) is 5.82 Å². The molecule has 3 N–H and O–H groups in total. The highest BCUT2D eigenvalue weighted by Gasteiger charge is 2.38. The van der Waals surface area contributed by atoms with Crippen LogP contribution < -0.4 is 5.32 Å². The first-order valence-electron chi connectivity index (χ1n) is 10.1. The highest BCUT2D eigenvalue weighted by Crippen LogP contribution is 2.26. The molecule has 0 aliphatic carbocycles. The molecule has 4 rings (SSSR count). The van der Waals surface area contributed by atoms with Crippen LogP contribution in [0.2, 0.25) is 0 Å². The predicted molar refractivity (Wildman–Crippen MR) is 112 cm³/mol. The predicted octanol–water partition coefficient (Wildman–Crippen LogP) is 3.05. The zero-order chi connectivity index (χ0) is 24.9. The van der Waals surface area contributed by atoms with E-state index < -0.39 is 17.7 Å². The number of carbonyl (C=O) groups excluding carboxylic acids is 1. The highest BCUT2D eigenvalue weighted by atomic mass is 19.4. The number of aliphatic carboxylic acids is 1. The Labute approximate surface area is 190 Å². The Hall–Kier alpha value is -3.51. The molecule has 3 heterocycles. The standard InChI is InChI=1S/C20H20FN3O3.C2HF3O2/c21-15-6-4-14(5-7-15)17-16-3-1-2-10-24(16)18(22-17)19(26)23-20(13-25)8-11-27-12-9-20;3-2(4,5)1(6)7/h1-7,10,25H,8-9,11-13H2,(H,23,26);(H,6,7). The summed E-state index contributed by atoms with van der Waals surface area (Å²) in [7, 11) is 0. The van der Waals surface area contributed by atoms with Crippen LogP contribution in [0.25, 0.3) is 16.8 Å². The molecule has 182 valence electrons. The number of aromatic nitrogens is 2. The molecule has 1 aromatic carbocycles. The number of hydrogen-bond donors (Lipinski definition) is 3. The van der Waals surface area contributed by atoms with E-state index in [9.17, 15) is 27.5 Å². The molecule has 0 bridgehead atoms. The lowest BCUT2D eigenvalue weighted by Crippen LogP contribution is -2.54. The van der Waals surface area contributed by atoms with Crippen molar-refractivity contribution in [3.63, 3.8) is 0 Å². The van der Waals surface area contributed by atoms with Gasteiger partial charge in [0, 0.05) is 25.0 Å². The number of carboxylic acid groups (broad SMARTS) is 1. The van der Waals surface area contributed by atoms with Crippen LogP contribution in [-0.2, 0) is 9.53 Å². The van der Waals surface area contributed by atoms with Crippen molar-refractivity contribution in [2.45, 2.75) is 24.6 Å². The van der Waals surface area contributed by atoms with E-state index >= 15 is 0 Å². The van der Waals surface area contributed by atoms with Gasteiger partial charge < -0.3 is 20.3 Å². The third-order valence-electron chi connectivity index (χ3n) is 5.24. The second kappa shape index (κ2) is 10.2. The molecule has 8 nitrogen and oxygen atoms in total. The molecule has 12 heteroatoms. The third-order valence-corrected chi connectivity index (χ3v) is 5.24. The number of nitrogens with zero attached hydrogens (tertiary/aromatic N) is 2. The normalized spacial score (nSPS) is 15.3. The maximum Gasteiger partial charge on any atom is 0.490 e. The zero-order valence-electron chi connectivity index (χ0n) is 17.7. The van der Waals surface area contributed by atoms with Gasteiger partial charge in [-0.2, -0.15) is 13.2 Å². The van der Waals surface area contributed by atoms with E-state index in [4.69, 9.17) is 14.6 Å². The number of pyridine rings is 1. The zero-order valence-corrected chi connectivity index (χ0v) is 17.7.